The molecule has 0 saturated heterocycles. The first-order valence-corrected chi connectivity index (χ1v) is 7.02. The standard InChI is InChI=1S/C17H18N2O4/c1-23-14-4-2-3-12(10-14)16(20)19-13-7-5-11(6-8-13)9-15(18)17(21)22/h2-8,10,15H,9,18H2,1H3,(H,19,20)(H,21,22)/t15-/m0/s1. The number of carboxylic acids is 1. The molecule has 1 atom stereocenters. The highest BCUT2D eigenvalue weighted by Crippen LogP contribution is 2.16. The van der Waals surface area contributed by atoms with Gasteiger partial charge < -0.3 is 20.9 Å². The van der Waals surface area contributed by atoms with Gasteiger partial charge >= 0.3 is 5.97 Å². The predicted molar refractivity (Wildman–Crippen MR) is 86.7 cm³/mol. The molecule has 2 aromatic rings. The molecular formula is C17H18N2O4. The van der Waals surface area contributed by atoms with Crippen molar-refractivity contribution in [2.75, 3.05) is 12.4 Å². The highest BCUT2D eigenvalue weighted by Gasteiger charge is 2.12. The number of carboxylic acid groups (broad SMARTS) is 1. The average Bonchev–Trinajstić information content (AvgIpc) is 2.56. The number of carbonyl (C=O) groups excluding carboxylic acids is 1. The summed E-state index contributed by atoms with van der Waals surface area (Å²) in [5, 5.41) is 11.6. The van der Waals surface area contributed by atoms with Gasteiger partial charge in [-0.05, 0) is 42.3 Å². The van der Waals surface area contributed by atoms with E-state index in [9.17, 15) is 9.59 Å². The Bertz CT molecular complexity index is 698. The van der Waals surface area contributed by atoms with Crippen LogP contribution in [0.25, 0.3) is 0 Å². The van der Waals surface area contributed by atoms with Crippen LogP contribution < -0.4 is 15.8 Å². The van der Waals surface area contributed by atoms with Gasteiger partial charge in [-0.2, -0.15) is 0 Å². The minimum absolute atomic E-state index is 0.236. The van der Waals surface area contributed by atoms with Gasteiger partial charge in [0.2, 0.25) is 0 Å². The molecule has 0 aliphatic rings. The van der Waals surface area contributed by atoms with Gasteiger partial charge in [0.15, 0.2) is 0 Å². The molecule has 23 heavy (non-hydrogen) atoms. The molecule has 0 spiro atoms. The van der Waals surface area contributed by atoms with Crippen molar-refractivity contribution in [1.29, 1.82) is 0 Å². The van der Waals surface area contributed by atoms with E-state index in [0.29, 0.717) is 17.0 Å². The molecule has 0 saturated carbocycles. The topological polar surface area (TPSA) is 102 Å². The lowest BCUT2D eigenvalue weighted by atomic mass is 10.1. The Balaban J connectivity index is 2.02. The van der Waals surface area contributed by atoms with E-state index >= 15 is 0 Å². The number of hydrogen-bond acceptors (Lipinski definition) is 4. The molecule has 0 heterocycles. The first kappa shape index (κ1) is 16.5. The molecule has 0 aliphatic carbocycles. The molecular weight excluding hydrogens is 296 g/mol. The van der Waals surface area contributed by atoms with E-state index in [-0.39, 0.29) is 12.3 Å². The zero-order valence-electron chi connectivity index (χ0n) is 12.7. The quantitative estimate of drug-likeness (QED) is 0.756. The van der Waals surface area contributed by atoms with E-state index < -0.39 is 12.0 Å². The third-order valence-corrected chi connectivity index (χ3v) is 3.32. The number of aliphatic carboxylic acids is 1. The summed E-state index contributed by atoms with van der Waals surface area (Å²) in [4.78, 5) is 22.9. The number of benzene rings is 2. The van der Waals surface area contributed by atoms with Gasteiger partial charge in [0, 0.05) is 11.3 Å². The second-order valence-electron chi connectivity index (χ2n) is 5.03. The fourth-order valence-electron chi connectivity index (χ4n) is 2.03. The Labute approximate surface area is 133 Å². The molecule has 0 unspecified atom stereocenters. The Morgan fingerprint density at radius 1 is 1.22 bits per heavy atom. The average molecular weight is 314 g/mol. The molecule has 2 rings (SSSR count). The first-order chi connectivity index (χ1) is 11.0. The van der Waals surface area contributed by atoms with Crippen molar-refractivity contribution < 1.29 is 19.4 Å². The number of nitrogens with one attached hydrogen (secondary N) is 1. The summed E-state index contributed by atoms with van der Waals surface area (Å²) < 4.78 is 5.09. The van der Waals surface area contributed by atoms with Crippen LogP contribution in [0.2, 0.25) is 0 Å². The van der Waals surface area contributed by atoms with Gasteiger partial charge in [0.1, 0.15) is 11.8 Å². The van der Waals surface area contributed by atoms with Crippen LogP contribution in [0.5, 0.6) is 5.75 Å². The number of carbonyl (C=O) groups is 2. The second-order valence-corrected chi connectivity index (χ2v) is 5.03. The highest BCUT2D eigenvalue weighted by molar-refractivity contribution is 6.04. The van der Waals surface area contributed by atoms with Crippen molar-refractivity contribution in [1.82, 2.24) is 0 Å². The van der Waals surface area contributed by atoms with E-state index in [0.717, 1.165) is 5.56 Å². The molecule has 0 fully saturated rings. The molecule has 6 nitrogen and oxygen atoms in total. The van der Waals surface area contributed by atoms with Gasteiger partial charge in [-0.3, -0.25) is 9.59 Å². The summed E-state index contributed by atoms with van der Waals surface area (Å²) >= 11 is 0. The van der Waals surface area contributed by atoms with E-state index in [1.165, 1.54) is 7.11 Å². The lowest BCUT2D eigenvalue weighted by molar-refractivity contribution is -0.138. The van der Waals surface area contributed by atoms with Crippen LogP contribution in [0, 0.1) is 0 Å². The zero-order chi connectivity index (χ0) is 16.8. The van der Waals surface area contributed by atoms with Crippen LogP contribution in [0.4, 0.5) is 5.69 Å². The van der Waals surface area contributed by atoms with Crippen LogP contribution in [-0.4, -0.2) is 30.1 Å². The minimum atomic E-state index is -1.04. The van der Waals surface area contributed by atoms with E-state index in [1.54, 1.807) is 48.5 Å². The first-order valence-electron chi connectivity index (χ1n) is 7.02. The van der Waals surface area contributed by atoms with Crippen LogP contribution >= 0.6 is 0 Å². The fraction of sp³-hybridized carbons (Fsp3) is 0.176. The molecule has 1 amide bonds. The smallest absolute Gasteiger partial charge is 0.320 e. The Hall–Kier alpha value is -2.86. The van der Waals surface area contributed by atoms with Crippen molar-refractivity contribution in [2.24, 2.45) is 5.73 Å². The molecule has 2 aromatic carbocycles. The second kappa shape index (κ2) is 7.42. The van der Waals surface area contributed by atoms with Crippen molar-refractivity contribution in [3.63, 3.8) is 0 Å². The maximum Gasteiger partial charge on any atom is 0.320 e. The number of anilines is 1. The fourth-order valence-corrected chi connectivity index (χ4v) is 2.03. The number of nitrogens with two attached hydrogens (primary N) is 1. The summed E-state index contributed by atoms with van der Waals surface area (Å²) in [5.74, 6) is -0.685. The van der Waals surface area contributed by atoms with Gasteiger partial charge in [0.25, 0.3) is 5.91 Å². The van der Waals surface area contributed by atoms with Crippen molar-refractivity contribution in [3.05, 3.63) is 59.7 Å². The third-order valence-electron chi connectivity index (χ3n) is 3.32. The summed E-state index contributed by atoms with van der Waals surface area (Å²) in [6, 6.07) is 12.8. The lowest BCUT2D eigenvalue weighted by Crippen LogP contribution is -2.32. The normalized spacial score (nSPS) is 11.6. The molecule has 0 radical (unpaired) electrons. The van der Waals surface area contributed by atoms with Gasteiger partial charge in [-0.15, -0.1) is 0 Å². The molecule has 120 valence electrons. The monoisotopic (exact) mass is 314 g/mol. The summed E-state index contributed by atoms with van der Waals surface area (Å²) in [5.41, 5.74) is 7.38. The summed E-state index contributed by atoms with van der Waals surface area (Å²) in [6.07, 6.45) is 0.236. The van der Waals surface area contributed by atoms with Crippen molar-refractivity contribution in [3.8, 4) is 5.75 Å². The van der Waals surface area contributed by atoms with E-state index in [4.69, 9.17) is 15.6 Å². The van der Waals surface area contributed by atoms with Crippen molar-refractivity contribution >= 4 is 17.6 Å². The predicted octanol–water partition coefficient (Wildman–Crippen LogP) is 1.90. The molecule has 4 N–H and O–H groups in total. The van der Waals surface area contributed by atoms with Crippen LogP contribution in [0.1, 0.15) is 15.9 Å². The maximum absolute atomic E-state index is 12.2. The Morgan fingerprint density at radius 3 is 2.52 bits per heavy atom. The number of amides is 1. The van der Waals surface area contributed by atoms with Gasteiger partial charge in [0.05, 0.1) is 7.11 Å². The largest absolute Gasteiger partial charge is 0.497 e. The Kier molecular flexibility index (Phi) is 5.32. The SMILES string of the molecule is COc1cccc(C(=O)Nc2ccc(C[C@H](N)C(=O)O)cc2)c1. The molecule has 6 heteroatoms. The highest BCUT2D eigenvalue weighted by atomic mass is 16.5. The molecule has 0 aliphatic heterocycles. The number of ether oxygens (including phenoxy) is 1. The number of methoxy groups -OCH3 is 1. The number of rotatable bonds is 6. The third kappa shape index (κ3) is 4.55. The summed E-state index contributed by atoms with van der Waals surface area (Å²) in [7, 11) is 1.54. The Morgan fingerprint density at radius 2 is 1.91 bits per heavy atom. The van der Waals surface area contributed by atoms with Crippen molar-refractivity contribution in [2.45, 2.75) is 12.5 Å². The van der Waals surface area contributed by atoms with Gasteiger partial charge in [-0.1, -0.05) is 18.2 Å². The molecule has 0 bridgehead atoms. The van der Waals surface area contributed by atoms with Crippen LogP contribution in [0.3, 0.4) is 0 Å². The molecule has 0 aromatic heterocycles. The zero-order valence-corrected chi connectivity index (χ0v) is 12.7. The van der Waals surface area contributed by atoms with Crippen LogP contribution in [0.15, 0.2) is 48.5 Å². The number of hydrogen-bond donors (Lipinski definition) is 3. The lowest BCUT2D eigenvalue weighted by Gasteiger charge is -2.09. The summed E-state index contributed by atoms with van der Waals surface area (Å²) in [6.45, 7) is 0. The maximum atomic E-state index is 12.2. The van der Waals surface area contributed by atoms with Gasteiger partial charge in [-0.25, -0.2) is 0 Å². The minimum Gasteiger partial charge on any atom is -0.497 e. The van der Waals surface area contributed by atoms with E-state index in [1.807, 2.05) is 0 Å². The van der Waals surface area contributed by atoms with E-state index in [2.05, 4.69) is 5.32 Å². The van der Waals surface area contributed by atoms with Crippen LogP contribution in [-0.2, 0) is 11.2 Å².